The first-order valence-corrected chi connectivity index (χ1v) is 10.3. The van der Waals surface area contributed by atoms with Crippen molar-refractivity contribution in [3.63, 3.8) is 0 Å². The summed E-state index contributed by atoms with van der Waals surface area (Å²) in [5.74, 6) is 0.336. The molecule has 1 fully saturated rings. The number of nitrogens with zero attached hydrogens (tertiary/aromatic N) is 2. The Balaban J connectivity index is 1.96. The lowest BCUT2D eigenvalue weighted by atomic mass is 10.2. The van der Waals surface area contributed by atoms with Crippen LogP contribution in [0.25, 0.3) is 0 Å². The van der Waals surface area contributed by atoms with E-state index in [1.54, 1.807) is 11.3 Å². The number of carbonyl (C=O) groups is 1. The van der Waals surface area contributed by atoms with Gasteiger partial charge in [-0.15, -0.1) is 11.3 Å². The van der Waals surface area contributed by atoms with Crippen LogP contribution >= 0.6 is 11.3 Å². The minimum atomic E-state index is -0.488. The molecule has 0 aliphatic carbocycles. The molecule has 0 aromatic carbocycles. The number of hydrogen-bond donors (Lipinski definition) is 2. The highest BCUT2D eigenvalue weighted by molar-refractivity contribution is 7.10. The van der Waals surface area contributed by atoms with Crippen LogP contribution in [0.2, 0.25) is 0 Å². The van der Waals surface area contributed by atoms with E-state index in [1.165, 1.54) is 17.7 Å². The van der Waals surface area contributed by atoms with Gasteiger partial charge in [-0.1, -0.05) is 6.07 Å². The summed E-state index contributed by atoms with van der Waals surface area (Å²) in [7, 11) is 0. The predicted molar refractivity (Wildman–Crippen MR) is 108 cm³/mol. The quantitative estimate of drug-likeness (QED) is 0.433. The van der Waals surface area contributed by atoms with E-state index < -0.39 is 5.60 Å². The summed E-state index contributed by atoms with van der Waals surface area (Å²) < 4.78 is 5.32. The van der Waals surface area contributed by atoms with Crippen LogP contribution in [0.5, 0.6) is 0 Å². The summed E-state index contributed by atoms with van der Waals surface area (Å²) in [6.07, 6.45) is 2.52. The first kappa shape index (κ1) is 20.7. The number of nitrogens with one attached hydrogen (secondary N) is 2. The molecule has 1 aromatic rings. The SMILES string of the molecule is CCNC(=NCC(=O)OC(C)(C)C)NCC(c1cccs1)N1CCCC1. The number of esters is 1. The van der Waals surface area contributed by atoms with Gasteiger partial charge in [-0.2, -0.15) is 0 Å². The van der Waals surface area contributed by atoms with Crippen molar-refractivity contribution in [3.05, 3.63) is 22.4 Å². The molecular formula is C19H32N4O2S. The van der Waals surface area contributed by atoms with Gasteiger partial charge >= 0.3 is 5.97 Å². The van der Waals surface area contributed by atoms with Crippen LogP contribution in [0.1, 0.15) is 51.5 Å². The van der Waals surface area contributed by atoms with Crippen LogP contribution < -0.4 is 10.6 Å². The monoisotopic (exact) mass is 380 g/mol. The Labute approximate surface area is 161 Å². The normalized spacial score (nSPS) is 17.2. The Kier molecular flexibility index (Phi) is 7.90. The first-order chi connectivity index (χ1) is 12.4. The maximum atomic E-state index is 11.9. The van der Waals surface area contributed by atoms with Crippen molar-refractivity contribution >= 4 is 23.3 Å². The van der Waals surface area contributed by atoms with Crippen molar-refractivity contribution in [2.75, 3.05) is 32.7 Å². The Morgan fingerprint density at radius 3 is 2.65 bits per heavy atom. The van der Waals surface area contributed by atoms with E-state index in [1.807, 2.05) is 27.7 Å². The standard InChI is InChI=1S/C19H32N4O2S/c1-5-20-18(22-14-17(24)25-19(2,3)4)21-13-15(16-9-8-12-26-16)23-10-6-7-11-23/h8-9,12,15H,5-7,10-11,13-14H2,1-4H3,(H2,20,21,22). The minimum Gasteiger partial charge on any atom is -0.459 e. The number of guanidine groups is 1. The fourth-order valence-electron chi connectivity index (χ4n) is 3.00. The van der Waals surface area contributed by atoms with Gasteiger partial charge in [-0.3, -0.25) is 9.69 Å². The second-order valence-corrected chi connectivity index (χ2v) is 8.42. The van der Waals surface area contributed by atoms with E-state index in [4.69, 9.17) is 4.74 Å². The number of rotatable bonds is 7. The highest BCUT2D eigenvalue weighted by Crippen LogP contribution is 2.27. The van der Waals surface area contributed by atoms with E-state index in [0.717, 1.165) is 26.2 Å². The molecule has 0 bridgehead atoms. The van der Waals surface area contributed by atoms with Crippen molar-refractivity contribution < 1.29 is 9.53 Å². The van der Waals surface area contributed by atoms with Crippen molar-refractivity contribution in [1.82, 2.24) is 15.5 Å². The van der Waals surface area contributed by atoms with Gasteiger partial charge in [0.1, 0.15) is 12.1 Å². The summed E-state index contributed by atoms with van der Waals surface area (Å²) in [5, 5.41) is 8.73. The molecule has 1 unspecified atom stereocenters. The smallest absolute Gasteiger partial charge is 0.328 e. The van der Waals surface area contributed by atoms with Crippen LogP contribution in [0.4, 0.5) is 0 Å². The summed E-state index contributed by atoms with van der Waals surface area (Å²) in [4.78, 5) is 20.2. The Bertz CT molecular complexity index is 575. The number of aliphatic imine (C=N–C) groups is 1. The van der Waals surface area contributed by atoms with Crippen LogP contribution in [0.15, 0.2) is 22.5 Å². The molecular weight excluding hydrogens is 348 g/mol. The summed E-state index contributed by atoms with van der Waals surface area (Å²) in [5.41, 5.74) is -0.488. The highest BCUT2D eigenvalue weighted by atomic mass is 32.1. The van der Waals surface area contributed by atoms with Gasteiger partial charge in [0.15, 0.2) is 5.96 Å². The molecule has 6 nitrogen and oxygen atoms in total. The van der Waals surface area contributed by atoms with Gasteiger partial charge in [-0.05, 0) is 65.1 Å². The zero-order valence-corrected chi connectivity index (χ0v) is 17.2. The molecule has 7 heteroatoms. The summed E-state index contributed by atoms with van der Waals surface area (Å²) >= 11 is 1.79. The lowest BCUT2D eigenvalue weighted by Gasteiger charge is -2.27. The van der Waals surface area contributed by atoms with Crippen molar-refractivity contribution in [2.45, 2.75) is 52.2 Å². The average Bonchev–Trinajstić information content (AvgIpc) is 3.25. The average molecular weight is 381 g/mol. The second kappa shape index (κ2) is 9.92. The maximum Gasteiger partial charge on any atom is 0.328 e. The lowest BCUT2D eigenvalue weighted by Crippen LogP contribution is -2.43. The molecule has 26 heavy (non-hydrogen) atoms. The molecule has 1 atom stereocenters. The largest absolute Gasteiger partial charge is 0.459 e. The molecule has 146 valence electrons. The molecule has 1 aliphatic rings. The van der Waals surface area contributed by atoms with Gasteiger partial charge in [0.05, 0.1) is 6.04 Å². The van der Waals surface area contributed by atoms with Gasteiger partial charge in [0.25, 0.3) is 0 Å². The molecule has 0 radical (unpaired) electrons. The fraction of sp³-hybridized carbons (Fsp3) is 0.684. The van der Waals surface area contributed by atoms with Crippen LogP contribution in [0.3, 0.4) is 0 Å². The highest BCUT2D eigenvalue weighted by Gasteiger charge is 2.24. The van der Waals surface area contributed by atoms with Crippen LogP contribution in [-0.4, -0.2) is 55.2 Å². The van der Waals surface area contributed by atoms with Crippen molar-refractivity contribution in [3.8, 4) is 0 Å². The van der Waals surface area contributed by atoms with Crippen LogP contribution in [-0.2, 0) is 9.53 Å². The Morgan fingerprint density at radius 1 is 1.35 bits per heavy atom. The van der Waals surface area contributed by atoms with E-state index in [9.17, 15) is 4.79 Å². The van der Waals surface area contributed by atoms with E-state index in [-0.39, 0.29) is 12.5 Å². The fourth-order valence-corrected chi connectivity index (χ4v) is 3.86. The van der Waals surface area contributed by atoms with E-state index in [2.05, 4.69) is 38.0 Å². The van der Waals surface area contributed by atoms with Gasteiger partial charge < -0.3 is 15.4 Å². The predicted octanol–water partition coefficient (Wildman–Crippen LogP) is 2.78. The molecule has 2 N–H and O–H groups in total. The molecule has 1 aliphatic heterocycles. The Hall–Kier alpha value is -1.60. The number of likely N-dealkylation sites (tertiary alicyclic amines) is 1. The van der Waals surface area contributed by atoms with E-state index >= 15 is 0 Å². The third-order valence-electron chi connectivity index (χ3n) is 4.05. The third-order valence-corrected chi connectivity index (χ3v) is 5.02. The minimum absolute atomic E-state index is 0.0139. The third kappa shape index (κ3) is 6.96. The topological polar surface area (TPSA) is 66.0 Å². The van der Waals surface area contributed by atoms with Crippen molar-refractivity contribution in [1.29, 1.82) is 0 Å². The molecule has 0 amide bonds. The molecule has 2 rings (SSSR count). The van der Waals surface area contributed by atoms with Gasteiger partial charge in [0, 0.05) is 18.0 Å². The zero-order chi connectivity index (χ0) is 19.0. The number of carbonyl (C=O) groups excluding carboxylic acids is 1. The molecule has 2 heterocycles. The summed E-state index contributed by atoms with van der Waals surface area (Å²) in [6, 6.07) is 4.63. The zero-order valence-electron chi connectivity index (χ0n) is 16.4. The number of thiophene rings is 1. The van der Waals surface area contributed by atoms with E-state index in [0.29, 0.717) is 12.0 Å². The number of hydrogen-bond acceptors (Lipinski definition) is 5. The van der Waals surface area contributed by atoms with Gasteiger partial charge in [0.2, 0.25) is 0 Å². The maximum absolute atomic E-state index is 11.9. The molecule has 1 saturated heterocycles. The van der Waals surface area contributed by atoms with Gasteiger partial charge in [-0.25, -0.2) is 4.99 Å². The first-order valence-electron chi connectivity index (χ1n) is 9.40. The van der Waals surface area contributed by atoms with Crippen molar-refractivity contribution in [2.24, 2.45) is 4.99 Å². The Morgan fingerprint density at radius 2 is 2.08 bits per heavy atom. The van der Waals surface area contributed by atoms with Crippen LogP contribution in [0, 0.1) is 0 Å². The molecule has 0 saturated carbocycles. The molecule has 0 spiro atoms. The lowest BCUT2D eigenvalue weighted by molar-refractivity contribution is -0.152. The summed E-state index contributed by atoms with van der Waals surface area (Å²) in [6.45, 7) is 11.4. The molecule has 1 aromatic heterocycles. The number of ether oxygens (including phenoxy) is 1. The second-order valence-electron chi connectivity index (χ2n) is 7.44.